The van der Waals surface area contributed by atoms with Crippen molar-refractivity contribution in [2.24, 2.45) is 29.2 Å². The van der Waals surface area contributed by atoms with Gasteiger partial charge >= 0.3 is 5.97 Å². The zero-order chi connectivity index (χ0) is 25.0. The summed E-state index contributed by atoms with van der Waals surface area (Å²) in [6, 6.07) is -3.66. The summed E-state index contributed by atoms with van der Waals surface area (Å²) in [6.07, 6.45) is 2.22. The lowest BCUT2D eigenvalue weighted by Gasteiger charge is -2.29. The summed E-state index contributed by atoms with van der Waals surface area (Å²) in [5.41, 5.74) is 11.5. The van der Waals surface area contributed by atoms with Crippen LogP contribution in [0.2, 0.25) is 0 Å². The van der Waals surface area contributed by atoms with Crippen molar-refractivity contribution in [1.82, 2.24) is 16.0 Å². The molecule has 0 aliphatic rings. The number of nitrogens with one attached hydrogen (secondary N) is 3. The molecule has 186 valence electrons. The van der Waals surface area contributed by atoms with Gasteiger partial charge in [0.1, 0.15) is 18.1 Å². The highest BCUT2D eigenvalue weighted by Gasteiger charge is 2.33. The molecule has 3 amide bonds. The maximum atomic E-state index is 13.1. The van der Waals surface area contributed by atoms with E-state index in [9.17, 15) is 24.3 Å². The van der Waals surface area contributed by atoms with Gasteiger partial charge in [-0.2, -0.15) is 0 Å². The molecular weight excluding hydrogens is 414 g/mol. The van der Waals surface area contributed by atoms with Gasteiger partial charge in [0.25, 0.3) is 0 Å². The van der Waals surface area contributed by atoms with E-state index >= 15 is 0 Å². The monoisotopic (exact) mass is 457 g/mol. The number of unbranched alkanes of at least 4 members (excludes halogenated alkanes) is 1. The van der Waals surface area contributed by atoms with Gasteiger partial charge in [0, 0.05) is 0 Å². The van der Waals surface area contributed by atoms with Crippen LogP contribution in [0.15, 0.2) is 0 Å². The predicted molar refractivity (Wildman–Crippen MR) is 123 cm³/mol. The van der Waals surface area contributed by atoms with Crippen molar-refractivity contribution in [3.05, 3.63) is 0 Å². The van der Waals surface area contributed by atoms with Crippen LogP contribution in [-0.4, -0.2) is 59.5 Å². The molecule has 0 aromatic heterocycles. The number of carbonyl (C=O) groups is 4. The average Bonchev–Trinajstić information content (AvgIpc) is 2.72. The molecule has 10 nitrogen and oxygen atoms in total. The van der Waals surface area contributed by atoms with E-state index in [-0.39, 0.29) is 17.8 Å². The standard InChI is InChI=1S/C22H43N5O5/c1-7-14(6)18(21(30)26-17(13(4)5)22(31)32)27-19(28)15(10-8-9-11-23)25-20(29)16(24)12(2)3/h12-18H,7-11,23-24H2,1-6H3,(H,25,29)(H,26,30)(H,27,28)(H,31,32). The number of rotatable bonds is 15. The third-order valence-corrected chi connectivity index (χ3v) is 5.62. The lowest BCUT2D eigenvalue weighted by Crippen LogP contribution is -2.59. The van der Waals surface area contributed by atoms with Gasteiger partial charge in [-0.15, -0.1) is 0 Å². The highest BCUT2D eigenvalue weighted by molar-refractivity contribution is 5.94. The Balaban J connectivity index is 5.55. The second-order valence-electron chi connectivity index (χ2n) is 9.06. The van der Waals surface area contributed by atoms with E-state index in [1.54, 1.807) is 20.8 Å². The first-order valence-corrected chi connectivity index (χ1v) is 11.5. The molecule has 0 aliphatic heterocycles. The van der Waals surface area contributed by atoms with Crippen LogP contribution in [-0.2, 0) is 19.2 Å². The van der Waals surface area contributed by atoms with Crippen LogP contribution in [0.5, 0.6) is 0 Å². The van der Waals surface area contributed by atoms with E-state index in [0.29, 0.717) is 32.2 Å². The van der Waals surface area contributed by atoms with Crippen LogP contribution in [0.1, 0.15) is 67.2 Å². The summed E-state index contributed by atoms with van der Waals surface area (Å²) in [6.45, 7) is 11.1. The summed E-state index contributed by atoms with van der Waals surface area (Å²) in [4.78, 5) is 49.9. The van der Waals surface area contributed by atoms with Gasteiger partial charge in [-0.1, -0.05) is 48.0 Å². The lowest BCUT2D eigenvalue weighted by molar-refractivity contribution is -0.144. The zero-order valence-electron chi connectivity index (χ0n) is 20.3. The Labute approximate surface area is 191 Å². The van der Waals surface area contributed by atoms with Gasteiger partial charge in [-0.3, -0.25) is 14.4 Å². The Bertz CT molecular complexity index is 626. The highest BCUT2D eigenvalue weighted by Crippen LogP contribution is 2.12. The Hall–Kier alpha value is -2.20. The first kappa shape index (κ1) is 29.8. The summed E-state index contributed by atoms with van der Waals surface area (Å²) in [5, 5.41) is 17.3. The predicted octanol–water partition coefficient (Wildman–Crippen LogP) is 0.340. The molecule has 0 aromatic carbocycles. The molecule has 0 bridgehead atoms. The smallest absolute Gasteiger partial charge is 0.326 e. The zero-order valence-corrected chi connectivity index (χ0v) is 20.3. The molecule has 0 fully saturated rings. The number of nitrogens with two attached hydrogens (primary N) is 2. The van der Waals surface area contributed by atoms with E-state index in [0.717, 1.165) is 0 Å². The number of hydrogen-bond donors (Lipinski definition) is 6. The van der Waals surface area contributed by atoms with Gasteiger partial charge in [0.15, 0.2) is 0 Å². The van der Waals surface area contributed by atoms with Crippen LogP contribution >= 0.6 is 0 Å². The second kappa shape index (κ2) is 14.8. The van der Waals surface area contributed by atoms with Gasteiger partial charge in [0.2, 0.25) is 17.7 Å². The van der Waals surface area contributed by atoms with E-state index in [4.69, 9.17) is 11.5 Å². The fourth-order valence-electron chi connectivity index (χ4n) is 3.04. The molecule has 0 saturated carbocycles. The number of amides is 3. The minimum absolute atomic E-state index is 0.106. The van der Waals surface area contributed by atoms with Gasteiger partial charge in [-0.05, 0) is 43.6 Å². The minimum atomic E-state index is -1.14. The second-order valence-corrected chi connectivity index (χ2v) is 9.06. The Morgan fingerprint density at radius 2 is 1.38 bits per heavy atom. The molecule has 0 aliphatic carbocycles. The van der Waals surface area contributed by atoms with Crippen LogP contribution < -0.4 is 27.4 Å². The van der Waals surface area contributed by atoms with Crippen molar-refractivity contribution >= 4 is 23.7 Å². The molecule has 10 heteroatoms. The first-order chi connectivity index (χ1) is 14.9. The third kappa shape index (κ3) is 9.95. The Morgan fingerprint density at radius 1 is 0.812 bits per heavy atom. The Morgan fingerprint density at radius 3 is 1.81 bits per heavy atom. The third-order valence-electron chi connectivity index (χ3n) is 5.62. The van der Waals surface area contributed by atoms with E-state index in [2.05, 4.69) is 16.0 Å². The van der Waals surface area contributed by atoms with E-state index in [1.165, 1.54) is 0 Å². The largest absolute Gasteiger partial charge is 0.480 e. The maximum absolute atomic E-state index is 13.1. The van der Waals surface area contributed by atoms with Gasteiger partial charge < -0.3 is 32.5 Å². The Kier molecular flexibility index (Phi) is 13.8. The number of aliphatic carboxylic acids is 1. The van der Waals surface area contributed by atoms with Crippen molar-refractivity contribution < 1.29 is 24.3 Å². The fraction of sp³-hybridized carbons (Fsp3) is 0.818. The number of carbonyl (C=O) groups excluding carboxylic acids is 3. The molecule has 5 unspecified atom stereocenters. The maximum Gasteiger partial charge on any atom is 0.326 e. The fourth-order valence-corrected chi connectivity index (χ4v) is 3.04. The number of carboxylic acid groups (broad SMARTS) is 1. The molecule has 5 atom stereocenters. The molecular formula is C22H43N5O5. The van der Waals surface area contributed by atoms with Gasteiger partial charge in [-0.25, -0.2) is 4.79 Å². The summed E-state index contributed by atoms with van der Waals surface area (Å²) >= 11 is 0. The number of hydrogen-bond acceptors (Lipinski definition) is 6. The number of carboxylic acids is 1. The molecule has 0 heterocycles. The quantitative estimate of drug-likeness (QED) is 0.192. The summed E-state index contributed by atoms with van der Waals surface area (Å²) < 4.78 is 0. The van der Waals surface area contributed by atoms with Crippen molar-refractivity contribution in [3.63, 3.8) is 0 Å². The minimum Gasteiger partial charge on any atom is -0.480 e. The van der Waals surface area contributed by atoms with E-state index in [1.807, 2.05) is 20.8 Å². The molecule has 0 rings (SSSR count). The van der Waals surface area contributed by atoms with Crippen LogP contribution in [0, 0.1) is 17.8 Å². The van der Waals surface area contributed by atoms with Crippen LogP contribution in [0.4, 0.5) is 0 Å². The molecule has 0 aromatic rings. The molecule has 0 spiro atoms. The normalized spacial score (nSPS) is 16.1. The molecule has 8 N–H and O–H groups in total. The van der Waals surface area contributed by atoms with Crippen molar-refractivity contribution in [1.29, 1.82) is 0 Å². The summed E-state index contributed by atoms with van der Waals surface area (Å²) in [7, 11) is 0. The van der Waals surface area contributed by atoms with E-state index < -0.39 is 47.9 Å². The lowest BCUT2D eigenvalue weighted by atomic mass is 9.96. The van der Waals surface area contributed by atoms with Crippen molar-refractivity contribution in [2.45, 2.75) is 91.4 Å². The van der Waals surface area contributed by atoms with Crippen LogP contribution in [0.3, 0.4) is 0 Å². The van der Waals surface area contributed by atoms with Crippen molar-refractivity contribution in [3.8, 4) is 0 Å². The summed E-state index contributed by atoms with van der Waals surface area (Å²) in [5.74, 6) is -3.35. The highest BCUT2D eigenvalue weighted by atomic mass is 16.4. The topological polar surface area (TPSA) is 177 Å². The molecule has 0 saturated heterocycles. The molecule has 32 heavy (non-hydrogen) atoms. The van der Waals surface area contributed by atoms with Crippen molar-refractivity contribution in [2.75, 3.05) is 6.54 Å². The average molecular weight is 458 g/mol. The van der Waals surface area contributed by atoms with Gasteiger partial charge in [0.05, 0.1) is 6.04 Å². The molecule has 0 radical (unpaired) electrons. The SMILES string of the molecule is CCC(C)C(NC(=O)C(CCCCN)NC(=O)C(N)C(C)C)C(=O)NC(C(=O)O)C(C)C. The first-order valence-electron chi connectivity index (χ1n) is 11.5. The van der Waals surface area contributed by atoms with Crippen LogP contribution in [0.25, 0.3) is 0 Å².